The Labute approximate surface area is 183 Å². The summed E-state index contributed by atoms with van der Waals surface area (Å²) < 4.78 is 31.8. The van der Waals surface area contributed by atoms with E-state index in [0.29, 0.717) is 69.6 Å². The van der Waals surface area contributed by atoms with Crippen molar-refractivity contribution in [2.24, 2.45) is 5.92 Å². The number of rotatable bonds is 6. The molecule has 0 aliphatic carbocycles. The molecule has 0 spiro atoms. The normalized spacial score (nSPS) is 16.6. The van der Waals surface area contributed by atoms with Gasteiger partial charge in [-0.05, 0) is 37.5 Å². The number of nitrogens with one attached hydrogen (secondary N) is 1. The molecule has 1 amide bonds. The van der Waals surface area contributed by atoms with Crippen molar-refractivity contribution in [3.8, 4) is 0 Å². The van der Waals surface area contributed by atoms with Gasteiger partial charge in [0.25, 0.3) is 5.56 Å². The highest BCUT2D eigenvalue weighted by molar-refractivity contribution is 5.98. The molecule has 0 atom stereocenters. The molecule has 1 saturated heterocycles. The lowest BCUT2D eigenvalue weighted by Crippen LogP contribution is -2.40. The Hall–Kier alpha value is -2.94. The number of carbonyl (C=O) groups excluding carboxylic acids is 2. The lowest BCUT2D eigenvalue weighted by atomic mass is 9.88. The van der Waals surface area contributed by atoms with Crippen molar-refractivity contribution in [3.63, 3.8) is 0 Å². The zero-order valence-electron chi connectivity index (χ0n) is 17.7. The van der Waals surface area contributed by atoms with Gasteiger partial charge in [-0.25, -0.2) is 13.8 Å². The van der Waals surface area contributed by atoms with Crippen LogP contribution in [-0.4, -0.2) is 46.3 Å². The van der Waals surface area contributed by atoms with Crippen LogP contribution in [0, 0.1) is 17.6 Å². The molecule has 1 aromatic carbocycles. The summed E-state index contributed by atoms with van der Waals surface area (Å²) in [6.45, 7) is 1.74. The van der Waals surface area contributed by atoms with Crippen LogP contribution in [0.4, 0.5) is 8.78 Å². The van der Waals surface area contributed by atoms with Gasteiger partial charge in [-0.1, -0.05) is 0 Å². The second-order valence-corrected chi connectivity index (χ2v) is 8.24. The molecule has 9 heteroatoms. The number of piperidine rings is 1. The van der Waals surface area contributed by atoms with Crippen LogP contribution in [0.5, 0.6) is 0 Å². The summed E-state index contributed by atoms with van der Waals surface area (Å²) in [5.41, 5.74) is 1.33. The number of aryl methyl sites for hydroxylation is 1. The average Bonchev–Trinajstić information content (AvgIpc) is 2.80. The van der Waals surface area contributed by atoms with Gasteiger partial charge in [-0.2, -0.15) is 0 Å². The first-order valence-corrected chi connectivity index (χ1v) is 10.9. The van der Waals surface area contributed by atoms with Crippen LogP contribution in [0.25, 0.3) is 0 Å². The van der Waals surface area contributed by atoms with Crippen LogP contribution in [0.3, 0.4) is 0 Å². The number of H-pyrrole nitrogens is 1. The number of aromatic nitrogens is 2. The molecule has 32 heavy (non-hydrogen) atoms. The maximum absolute atomic E-state index is 13.4. The Morgan fingerprint density at radius 2 is 1.97 bits per heavy atom. The van der Waals surface area contributed by atoms with E-state index in [9.17, 15) is 23.2 Å². The molecule has 2 aliphatic heterocycles. The van der Waals surface area contributed by atoms with E-state index in [0.717, 1.165) is 17.8 Å². The molecular weight excluding hydrogens is 420 g/mol. The zero-order chi connectivity index (χ0) is 22.7. The summed E-state index contributed by atoms with van der Waals surface area (Å²) >= 11 is 0. The number of hydrogen-bond donors (Lipinski definition) is 1. The molecule has 2 aromatic rings. The number of carbonyl (C=O) groups is 2. The van der Waals surface area contributed by atoms with Crippen molar-refractivity contribution in [3.05, 3.63) is 62.8 Å². The van der Waals surface area contributed by atoms with Gasteiger partial charge in [-0.3, -0.25) is 14.4 Å². The van der Waals surface area contributed by atoms with E-state index < -0.39 is 11.6 Å². The van der Waals surface area contributed by atoms with Gasteiger partial charge in [0.05, 0.1) is 24.5 Å². The van der Waals surface area contributed by atoms with Crippen molar-refractivity contribution in [1.29, 1.82) is 0 Å². The molecule has 1 fully saturated rings. The predicted molar refractivity (Wildman–Crippen MR) is 111 cm³/mol. The minimum atomic E-state index is -1.04. The average molecular weight is 445 g/mol. The van der Waals surface area contributed by atoms with E-state index in [-0.39, 0.29) is 35.3 Å². The first-order chi connectivity index (χ1) is 15.4. The van der Waals surface area contributed by atoms with Crippen LogP contribution < -0.4 is 5.56 Å². The molecule has 7 nitrogen and oxygen atoms in total. The van der Waals surface area contributed by atoms with Crippen LogP contribution in [0.2, 0.25) is 0 Å². The van der Waals surface area contributed by atoms with Gasteiger partial charge in [0.2, 0.25) is 5.91 Å². The zero-order valence-corrected chi connectivity index (χ0v) is 17.7. The Balaban J connectivity index is 1.25. The number of hydrogen-bond acceptors (Lipinski definition) is 5. The van der Waals surface area contributed by atoms with Crippen molar-refractivity contribution in [2.45, 2.75) is 45.1 Å². The molecule has 0 unspecified atom stereocenters. The number of nitrogens with zero attached hydrogens (tertiary/aromatic N) is 2. The second-order valence-electron chi connectivity index (χ2n) is 8.24. The van der Waals surface area contributed by atoms with Gasteiger partial charge in [0.1, 0.15) is 5.82 Å². The molecule has 0 bridgehead atoms. The molecule has 0 radical (unpaired) electrons. The maximum Gasteiger partial charge on any atom is 0.256 e. The quantitative estimate of drug-likeness (QED) is 0.690. The monoisotopic (exact) mass is 445 g/mol. The molecule has 4 rings (SSSR count). The van der Waals surface area contributed by atoms with E-state index in [1.165, 1.54) is 6.07 Å². The van der Waals surface area contributed by atoms with Gasteiger partial charge in [0.15, 0.2) is 17.4 Å². The Bertz CT molecular complexity index is 1080. The molecule has 0 saturated carbocycles. The Morgan fingerprint density at radius 3 is 2.72 bits per heavy atom. The van der Waals surface area contributed by atoms with Crippen molar-refractivity contribution < 1.29 is 23.1 Å². The number of ketones is 1. The largest absolute Gasteiger partial charge is 0.376 e. The minimum absolute atomic E-state index is 0.00238. The molecule has 170 valence electrons. The Kier molecular flexibility index (Phi) is 6.74. The topological polar surface area (TPSA) is 92.4 Å². The first-order valence-electron chi connectivity index (χ1n) is 10.9. The fourth-order valence-corrected chi connectivity index (χ4v) is 4.25. The van der Waals surface area contributed by atoms with Crippen LogP contribution in [0.1, 0.15) is 53.1 Å². The smallest absolute Gasteiger partial charge is 0.256 e. The summed E-state index contributed by atoms with van der Waals surface area (Å²) in [6.07, 6.45) is 2.98. The lowest BCUT2D eigenvalue weighted by Gasteiger charge is -2.31. The van der Waals surface area contributed by atoms with Crippen molar-refractivity contribution >= 4 is 11.7 Å². The highest BCUT2D eigenvalue weighted by atomic mass is 19.2. The fraction of sp³-hybridized carbons (Fsp3) is 0.478. The number of ether oxygens (including phenoxy) is 1. The van der Waals surface area contributed by atoms with E-state index >= 15 is 0 Å². The summed E-state index contributed by atoms with van der Waals surface area (Å²) in [6, 6.07) is 3.19. The SMILES string of the molecule is O=C(c1ccc(F)c(F)c1)C1CCN(C(=O)CCCc2nc3c(c(=O)[nH]2)COCC3)CC1. The highest BCUT2D eigenvalue weighted by Crippen LogP contribution is 2.23. The number of fused-ring (bicyclic) bond motifs is 1. The van der Waals surface area contributed by atoms with Gasteiger partial charge < -0.3 is 14.6 Å². The van der Waals surface area contributed by atoms with E-state index in [1.54, 1.807) is 4.90 Å². The molecule has 1 N–H and O–H groups in total. The third kappa shape index (κ3) is 4.93. The molecular formula is C23H25F2N3O4. The van der Waals surface area contributed by atoms with Crippen molar-refractivity contribution in [1.82, 2.24) is 14.9 Å². The van der Waals surface area contributed by atoms with E-state index in [1.807, 2.05) is 0 Å². The van der Waals surface area contributed by atoms with Gasteiger partial charge in [-0.15, -0.1) is 0 Å². The van der Waals surface area contributed by atoms with Crippen molar-refractivity contribution in [2.75, 3.05) is 19.7 Å². The standard InChI is InChI=1S/C23H25F2N3O4/c24-17-5-4-15(12-18(17)25)22(30)14-6-9-28(10-7-14)21(29)3-1-2-20-26-19-8-11-32-13-16(19)23(31)27-20/h4-5,12,14H,1-3,6-11,13H2,(H,26,27,31). The first kappa shape index (κ1) is 22.3. The Morgan fingerprint density at radius 1 is 1.19 bits per heavy atom. The maximum atomic E-state index is 13.4. The van der Waals surface area contributed by atoms with Crippen LogP contribution in [-0.2, 0) is 29.0 Å². The molecule has 2 aliphatic rings. The number of amides is 1. The summed E-state index contributed by atoms with van der Waals surface area (Å²) in [4.78, 5) is 46.3. The lowest BCUT2D eigenvalue weighted by molar-refractivity contribution is -0.132. The van der Waals surface area contributed by atoms with Gasteiger partial charge in [0, 0.05) is 43.8 Å². The summed E-state index contributed by atoms with van der Waals surface area (Å²) in [5, 5.41) is 0. The predicted octanol–water partition coefficient (Wildman–Crippen LogP) is 2.57. The number of Topliss-reactive ketones (excluding diaryl/α,β-unsaturated/α-hetero) is 1. The number of aromatic amines is 1. The third-order valence-electron chi connectivity index (χ3n) is 6.11. The fourth-order valence-electron chi connectivity index (χ4n) is 4.25. The molecule has 3 heterocycles. The summed E-state index contributed by atoms with van der Waals surface area (Å²) in [5.74, 6) is -1.96. The van der Waals surface area contributed by atoms with E-state index in [2.05, 4.69) is 9.97 Å². The van der Waals surface area contributed by atoms with Crippen LogP contribution in [0.15, 0.2) is 23.0 Å². The summed E-state index contributed by atoms with van der Waals surface area (Å²) in [7, 11) is 0. The van der Waals surface area contributed by atoms with Crippen LogP contribution >= 0.6 is 0 Å². The number of benzene rings is 1. The number of likely N-dealkylation sites (tertiary alicyclic amines) is 1. The second kappa shape index (κ2) is 9.68. The van der Waals surface area contributed by atoms with E-state index in [4.69, 9.17) is 4.74 Å². The minimum Gasteiger partial charge on any atom is -0.376 e. The number of halogens is 2. The molecule has 1 aromatic heterocycles. The highest BCUT2D eigenvalue weighted by Gasteiger charge is 2.28. The third-order valence-corrected chi connectivity index (χ3v) is 6.11. The van der Waals surface area contributed by atoms with Gasteiger partial charge >= 0.3 is 0 Å².